The van der Waals surface area contributed by atoms with Gasteiger partial charge < -0.3 is 10.1 Å². The Morgan fingerprint density at radius 1 is 1.00 bits per heavy atom. The maximum Gasteiger partial charge on any atom is 0.255 e. The fraction of sp³-hybridized carbons (Fsp3) is 0.400. The number of benzene rings is 2. The molecule has 1 N–H and O–H groups in total. The molecule has 4 nitrogen and oxygen atoms in total. The molecule has 0 aliphatic heterocycles. The monoisotopic (exact) mass is 497 g/mol. The molecular formula is C30H37F2NO3. The Morgan fingerprint density at radius 2 is 1.67 bits per heavy atom. The molecule has 0 bridgehead atoms. The highest BCUT2D eigenvalue weighted by molar-refractivity contribution is 6.05. The normalized spacial score (nSPS) is 12.4. The Labute approximate surface area is 213 Å². The van der Waals surface area contributed by atoms with Crippen molar-refractivity contribution in [2.75, 3.05) is 25.8 Å². The molecule has 0 saturated carbocycles. The van der Waals surface area contributed by atoms with E-state index in [4.69, 9.17) is 4.74 Å². The smallest absolute Gasteiger partial charge is 0.255 e. The predicted octanol–water partition coefficient (Wildman–Crippen LogP) is 7.26. The molecule has 0 aliphatic rings. The SMILES string of the molecule is C/C=C(\C=C(/OC)C(C)(CF)CF)CCC(=O)CCc1ccc(NC(=O)c2ccc(C)cc2C)cc1. The lowest BCUT2D eigenvalue weighted by Crippen LogP contribution is -2.25. The van der Waals surface area contributed by atoms with Crippen LogP contribution in [0.25, 0.3) is 0 Å². The number of amides is 1. The lowest BCUT2D eigenvalue weighted by Gasteiger charge is -2.25. The van der Waals surface area contributed by atoms with Crippen LogP contribution in [0, 0.1) is 19.3 Å². The summed E-state index contributed by atoms with van der Waals surface area (Å²) in [5.41, 5.74) is 3.86. The Bertz CT molecular complexity index is 1100. The first kappa shape index (κ1) is 29.0. The van der Waals surface area contributed by atoms with Gasteiger partial charge in [-0.15, -0.1) is 0 Å². The first-order valence-electron chi connectivity index (χ1n) is 12.2. The summed E-state index contributed by atoms with van der Waals surface area (Å²) in [5.74, 6) is 0.185. The highest BCUT2D eigenvalue weighted by atomic mass is 19.1. The summed E-state index contributed by atoms with van der Waals surface area (Å²) >= 11 is 0. The van der Waals surface area contributed by atoms with Crippen molar-refractivity contribution < 1.29 is 23.1 Å². The zero-order valence-electron chi connectivity index (χ0n) is 21.9. The Morgan fingerprint density at radius 3 is 2.22 bits per heavy atom. The van der Waals surface area contributed by atoms with Crippen LogP contribution in [0.5, 0.6) is 0 Å². The van der Waals surface area contributed by atoms with Gasteiger partial charge in [-0.1, -0.05) is 35.9 Å². The number of hydrogen-bond acceptors (Lipinski definition) is 3. The molecule has 0 fully saturated rings. The third kappa shape index (κ3) is 8.14. The van der Waals surface area contributed by atoms with Gasteiger partial charge in [0.05, 0.1) is 12.5 Å². The van der Waals surface area contributed by atoms with E-state index in [9.17, 15) is 18.4 Å². The molecule has 0 aromatic heterocycles. The summed E-state index contributed by atoms with van der Waals surface area (Å²) in [6.45, 7) is 5.47. The number of Topliss-reactive ketones (excluding diaryl/α,β-unsaturated/α-hetero) is 1. The van der Waals surface area contributed by atoms with E-state index in [1.54, 1.807) is 6.08 Å². The van der Waals surface area contributed by atoms with Gasteiger partial charge in [0.25, 0.3) is 5.91 Å². The third-order valence-electron chi connectivity index (χ3n) is 6.32. The number of ketones is 1. The van der Waals surface area contributed by atoms with Crippen LogP contribution in [0.1, 0.15) is 60.2 Å². The van der Waals surface area contributed by atoms with Crippen molar-refractivity contribution in [3.8, 4) is 0 Å². The number of ether oxygens (including phenoxy) is 1. The number of rotatable bonds is 13. The van der Waals surface area contributed by atoms with Crippen molar-refractivity contribution in [2.24, 2.45) is 5.41 Å². The van der Waals surface area contributed by atoms with E-state index in [2.05, 4.69) is 5.32 Å². The zero-order valence-corrected chi connectivity index (χ0v) is 21.9. The van der Waals surface area contributed by atoms with Gasteiger partial charge in [0, 0.05) is 24.1 Å². The Kier molecular flexibility index (Phi) is 11.0. The van der Waals surface area contributed by atoms with E-state index in [1.165, 1.54) is 14.0 Å². The van der Waals surface area contributed by atoms with Crippen LogP contribution in [0.15, 0.2) is 65.9 Å². The summed E-state index contributed by atoms with van der Waals surface area (Å²) in [6, 6.07) is 13.2. The minimum Gasteiger partial charge on any atom is -0.500 e. The lowest BCUT2D eigenvalue weighted by atomic mass is 9.89. The number of anilines is 1. The number of allylic oxidation sites excluding steroid dienone is 4. The average molecular weight is 498 g/mol. The van der Waals surface area contributed by atoms with Crippen LogP contribution in [0.2, 0.25) is 0 Å². The second-order valence-corrected chi connectivity index (χ2v) is 9.41. The largest absolute Gasteiger partial charge is 0.500 e. The molecule has 0 radical (unpaired) electrons. The van der Waals surface area contributed by atoms with Crippen LogP contribution < -0.4 is 5.32 Å². The fourth-order valence-corrected chi connectivity index (χ4v) is 3.83. The molecule has 2 aromatic rings. The summed E-state index contributed by atoms with van der Waals surface area (Å²) in [4.78, 5) is 25.0. The fourth-order valence-electron chi connectivity index (χ4n) is 3.83. The Balaban J connectivity index is 1.88. The molecule has 0 spiro atoms. The summed E-state index contributed by atoms with van der Waals surface area (Å²) < 4.78 is 31.9. The van der Waals surface area contributed by atoms with Crippen molar-refractivity contribution in [3.63, 3.8) is 0 Å². The van der Waals surface area contributed by atoms with Crippen LogP contribution in [-0.2, 0) is 16.0 Å². The Hall–Kier alpha value is -3.28. The van der Waals surface area contributed by atoms with Gasteiger partial charge in [-0.05, 0) is 81.5 Å². The summed E-state index contributed by atoms with van der Waals surface area (Å²) in [6.07, 6.45) is 5.25. The molecule has 0 aliphatic carbocycles. The number of carbonyl (C=O) groups excluding carboxylic acids is 2. The number of aryl methyl sites for hydroxylation is 3. The number of halogens is 2. The van der Waals surface area contributed by atoms with Crippen LogP contribution in [0.3, 0.4) is 0 Å². The molecule has 0 saturated heterocycles. The molecule has 0 heterocycles. The second-order valence-electron chi connectivity index (χ2n) is 9.41. The van der Waals surface area contributed by atoms with Crippen molar-refractivity contribution in [3.05, 3.63) is 88.2 Å². The van der Waals surface area contributed by atoms with E-state index in [0.717, 1.165) is 22.3 Å². The van der Waals surface area contributed by atoms with Gasteiger partial charge in [-0.2, -0.15) is 0 Å². The summed E-state index contributed by atoms with van der Waals surface area (Å²) in [7, 11) is 1.40. The average Bonchev–Trinajstić information content (AvgIpc) is 2.87. The molecular weight excluding hydrogens is 460 g/mol. The standard InChI is InChI=1S/C30H37F2NO3/c1-6-23(18-28(36-5)30(4,19-31)20-32)10-14-26(34)15-11-24-8-12-25(13-9-24)33-29(35)27-16-7-21(2)17-22(27)3/h6-9,12-13,16-18H,10-11,14-15,19-20H2,1-5H3,(H,33,35)/b23-6-,28-18-. The first-order chi connectivity index (χ1) is 17.1. The molecule has 6 heteroatoms. The van der Waals surface area contributed by atoms with Gasteiger partial charge in [-0.3, -0.25) is 9.59 Å². The number of hydrogen-bond donors (Lipinski definition) is 1. The minimum absolute atomic E-state index is 0.104. The van der Waals surface area contributed by atoms with Crippen LogP contribution in [0.4, 0.5) is 14.5 Å². The van der Waals surface area contributed by atoms with Crippen molar-refractivity contribution in [1.82, 2.24) is 0 Å². The second kappa shape index (κ2) is 13.7. The number of alkyl halides is 2. The van der Waals surface area contributed by atoms with Gasteiger partial charge in [0.1, 0.15) is 24.9 Å². The molecule has 194 valence electrons. The van der Waals surface area contributed by atoms with Crippen molar-refractivity contribution >= 4 is 17.4 Å². The van der Waals surface area contributed by atoms with E-state index >= 15 is 0 Å². The van der Waals surface area contributed by atoms with E-state index in [-0.39, 0.29) is 17.4 Å². The number of carbonyl (C=O) groups is 2. The molecule has 2 rings (SSSR count). The van der Waals surface area contributed by atoms with Crippen LogP contribution in [-0.4, -0.2) is 32.1 Å². The quantitative estimate of drug-likeness (QED) is 0.234. The number of methoxy groups -OCH3 is 1. The first-order valence-corrected chi connectivity index (χ1v) is 12.2. The topological polar surface area (TPSA) is 55.4 Å². The van der Waals surface area contributed by atoms with Gasteiger partial charge in [0.15, 0.2) is 0 Å². The highest BCUT2D eigenvalue weighted by Crippen LogP contribution is 2.30. The van der Waals surface area contributed by atoms with Crippen molar-refractivity contribution in [2.45, 2.75) is 53.4 Å². The van der Waals surface area contributed by atoms with Gasteiger partial charge >= 0.3 is 0 Å². The van der Waals surface area contributed by atoms with Crippen LogP contribution >= 0.6 is 0 Å². The van der Waals surface area contributed by atoms with Crippen molar-refractivity contribution in [1.29, 1.82) is 0 Å². The van der Waals surface area contributed by atoms with Gasteiger partial charge in [-0.25, -0.2) is 8.78 Å². The maximum atomic E-state index is 13.3. The highest BCUT2D eigenvalue weighted by Gasteiger charge is 2.31. The van der Waals surface area contributed by atoms with Gasteiger partial charge in [0.2, 0.25) is 0 Å². The molecule has 36 heavy (non-hydrogen) atoms. The molecule has 0 unspecified atom stereocenters. The van der Waals surface area contributed by atoms with E-state index < -0.39 is 18.8 Å². The molecule has 0 atom stereocenters. The zero-order chi connectivity index (χ0) is 26.7. The predicted molar refractivity (Wildman–Crippen MR) is 142 cm³/mol. The maximum absolute atomic E-state index is 13.3. The molecule has 1 amide bonds. The number of nitrogens with one attached hydrogen (secondary N) is 1. The third-order valence-corrected chi connectivity index (χ3v) is 6.32. The lowest BCUT2D eigenvalue weighted by molar-refractivity contribution is -0.119. The minimum atomic E-state index is -1.32. The van der Waals surface area contributed by atoms with E-state index in [0.29, 0.717) is 36.9 Å². The van der Waals surface area contributed by atoms with E-state index in [1.807, 2.05) is 69.3 Å². The molecule has 2 aromatic carbocycles. The summed E-state index contributed by atoms with van der Waals surface area (Å²) in [5, 5.41) is 2.91.